The minimum Gasteiger partial charge on any atom is -0.478 e. The number of carbonyl (C=O) groups is 2. The summed E-state index contributed by atoms with van der Waals surface area (Å²) in [6.45, 7) is 3.65. The molecule has 0 amide bonds. The third-order valence-corrected chi connectivity index (χ3v) is 1.26. The lowest BCUT2D eigenvalue weighted by molar-refractivity contribution is -0.140. The first kappa shape index (κ1) is 13.1. The Morgan fingerprint density at radius 2 is 2.20 bits per heavy atom. The second-order valence-electron chi connectivity index (χ2n) is 2.47. The molecule has 1 N–H and O–H groups in total. The van der Waals surface area contributed by atoms with Crippen LogP contribution in [0.4, 0.5) is 0 Å². The van der Waals surface area contributed by atoms with E-state index in [0.717, 1.165) is 0 Å². The zero-order valence-electron chi connectivity index (χ0n) is 8.64. The number of hydrogen-bond acceptors (Lipinski definition) is 4. The molecule has 5 heteroatoms. The largest absolute Gasteiger partial charge is 0.478 e. The molecular formula is C10H13NO4. The molecule has 0 aromatic carbocycles. The number of esters is 1. The third-order valence-electron chi connectivity index (χ3n) is 1.26. The topological polar surface area (TPSA) is 76.5 Å². The molecule has 82 valence electrons. The van der Waals surface area contributed by atoms with Crippen molar-refractivity contribution in [2.24, 2.45) is 0 Å². The highest BCUT2D eigenvalue weighted by Gasteiger charge is 1.97. The zero-order chi connectivity index (χ0) is 11.7. The molecule has 0 saturated carbocycles. The predicted molar refractivity (Wildman–Crippen MR) is 53.5 cm³/mol. The van der Waals surface area contributed by atoms with E-state index in [2.05, 4.69) is 9.72 Å². The summed E-state index contributed by atoms with van der Waals surface area (Å²) < 4.78 is 4.40. The normalized spacial score (nSPS) is 8.40. The SMILES string of the molecule is CCOC(C)=O.O=C(O)c1cccnc1. The molecule has 5 nitrogen and oxygen atoms in total. The molecule has 0 aliphatic heterocycles. The van der Waals surface area contributed by atoms with Crippen LogP contribution >= 0.6 is 0 Å². The summed E-state index contributed by atoms with van der Waals surface area (Å²) >= 11 is 0. The summed E-state index contributed by atoms with van der Waals surface area (Å²) in [5, 5.41) is 8.34. The highest BCUT2D eigenvalue weighted by molar-refractivity contribution is 5.86. The van der Waals surface area contributed by atoms with Crippen molar-refractivity contribution in [2.75, 3.05) is 6.61 Å². The van der Waals surface area contributed by atoms with Crippen molar-refractivity contribution in [3.63, 3.8) is 0 Å². The van der Waals surface area contributed by atoms with Gasteiger partial charge in [-0.15, -0.1) is 0 Å². The first-order chi connectivity index (χ1) is 7.07. The Morgan fingerprint density at radius 3 is 2.40 bits per heavy atom. The van der Waals surface area contributed by atoms with Gasteiger partial charge >= 0.3 is 11.9 Å². The zero-order valence-corrected chi connectivity index (χ0v) is 8.64. The minimum absolute atomic E-state index is 0.211. The van der Waals surface area contributed by atoms with Crippen LogP contribution in [0.25, 0.3) is 0 Å². The number of rotatable bonds is 2. The number of carboxylic acids is 1. The quantitative estimate of drug-likeness (QED) is 0.747. The van der Waals surface area contributed by atoms with Crippen molar-refractivity contribution < 1.29 is 19.4 Å². The standard InChI is InChI=1S/C6H5NO2.C4H8O2/c8-6(9)5-2-1-3-7-4-5;1-3-6-4(2)5/h1-4H,(H,8,9);3H2,1-2H3. The maximum absolute atomic E-state index is 10.2. The minimum atomic E-state index is -0.942. The van der Waals surface area contributed by atoms with Crippen LogP contribution in [0, 0.1) is 0 Å². The maximum Gasteiger partial charge on any atom is 0.337 e. The van der Waals surface area contributed by atoms with Crippen LogP contribution in [0.3, 0.4) is 0 Å². The number of carbonyl (C=O) groups excluding carboxylic acids is 1. The molecule has 0 fully saturated rings. The van der Waals surface area contributed by atoms with Gasteiger partial charge in [0.15, 0.2) is 0 Å². The van der Waals surface area contributed by atoms with Gasteiger partial charge in [-0.3, -0.25) is 9.78 Å². The maximum atomic E-state index is 10.2. The van der Waals surface area contributed by atoms with Crippen LogP contribution in [-0.4, -0.2) is 28.6 Å². The van der Waals surface area contributed by atoms with E-state index in [-0.39, 0.29) is 11.5 Å². The Balaban J connectivity index is 0.000000288. The molecule has 0 aliphatic rings. The number of carboxylic acid groups (broad SMARTS) is 1. The van der Waals surface area contributed by atoms with Gasteiger partial charge in [0.05, 0.1) is 12.2 Å². The summed E-state index contributed by atoms with van der Waals surface area (Å²) in [6, 6.07) is 3.08. The van der Waals surface area contributed by atoms with Crippen LogP contribution in [0.1, 0.15) is 24.2 Å². The van der Waals surface area contributed by atoms with E-state index in [1.54, 1.807) is 13.0 Å². The Bertz CT molecular complexity index is 310. The van der Waals surface area contributed by atoms with Gasteiger partial charge in [-0.25, -0.2) is 4.79 Å². The summed E-state index contributed by atoms with van der Waals surface area (Å²) in [7, 11) is 0. The van der Waals surface area contributed by atoms with Gasteiger partial charge in [0.1, 0.15) is 0 Å². The first-order valence-corrected chi connectivity index (χ1v) is 4.34. The van der Waals surface area contributed by atoms with Gasteiger partial charge < -0.3 is 9.84 Å². The van der Waals surface area contributed by atoms with Gasteiger partial charge in [-0.1, -0.05) is 0 Å². The molecular weight excluding hydrogens is 198 g/mol. The molecule has 1 heterocycles. The van der Waals surface area contributed by atoms with Crippen molar-refractivity contribution in [3.8, 4) is 0 Å². The number of hydrogen-bond donors (Lipinski definition) is 1. The molecule has 1 aromatic heterocycles. The first-order valence-electron chi connectivity index (χ1n) is 4.34. The third kappa shape index (κ3) is 7.18. The van der Waals surface area contributed by atoms with Gasteiger partial charge in [0, 0.05) is 19.3 Å². The smallest absolute Gasteiger partial charge is 0.337 e. The van der Waals surface area contributed by atoms with Crippen LogP contribution in [-0.2, 0) is 9.53 Å². The van der Waals surface area contributed by atoms with E-state index in [1.165, 1.54) is 25.4 Å². The Kier molecular flexibility index (Phi) is 6.54. The van der Waals surface area contributed by atoms with Gasteiger partial charge in [0.25, 0.3) is 0 Å². The number of aromatic nitrogens is 1. The fraction of sp³-hybridized carbons (Fsp3) is 0.300. The number of aromatic carboxylic acids is 1. The summed E-state index contributed by atoms with van der Waals surface area (Å²) in [6.07, 6.45) is 2.84. The second-order valence-corrected chi connectivity index (χ2v) is 2.47. The van der Waals surface area contributed by atoms with Crippen LogP contribution < -0.4 is 0 Å². The Hall–Kier alpha value is -1.91. The van der Waals surface area contributed by atoms with Crippen molar-refractivity contribution in [3.05, 3.63) is 30.1 Å². The van der Waals surface area contributed by atoms with Crippen molar-refractivity contribution in [2.45, 2.75) is 13.8 Å². The lowest BCUT2D eigenvalue weighted by Gasteiger charge is -1.89. The van der Waals surface area contributed by atoms with Crippen molar-refractivity contribution in [1.29, 1.82) is 0 Å². The molecule has 1 aromatic rings. The van der Waals surface area contributed by atoms with Crippen LogP contribution in [0.5, 0.6) is 0 Å². The molecule has 1 rings (SSSR count). The van der Waals surface area contributed by atoms with E-state index >= 15 is 0 Å². The number of pyridine rings is 1. The molecule has 0 bridgehead atoms. The van der Waals surface area contributed by atoms with Crippen molar-refractivity contribution in [1.82, 2.24) is 4.98 Å². The van der Waals surface area contributed by atoms with E-state index < -0.39 is 5.97 Å². The van der Waals surface area contributed by atoms with E-state index in [0.29, 0.717) is 6.61 Å². The molecule has 0 spiro atoms. The average Bonchev–Trinajstić information content (AvgIpc) is 2.20. The lowest BCUT2D eigenvalue weighted by atomic mass is 10.3. The van der Waals surface area contributed by atoms with Crippen LogP contribution in [0.2, 0.25) is 0 Å². The fourth-order valence-corrected chi connectivity index (χ4v) is 0.693. The number of ether oxygens (including phenoxy) is 1. The predicted octanol–water partition coefficient (Wildman–Crippen LogP) is 1.35. The van der Waals surface area contributed by atoms with Crippen molar-refractivity contribution >= 4 is 11.9 Å². The Morgan fingerprint density at radius 1 is 1.53 bits per heavy atom. The lowest BCUT2D eigenvalue weighted by Crippen LogP contribution is -1.95. The highest BCUT2D eigenvalue weighted by atomic mass is 16.5. The average molecular weight is 211 g/mol. The summed E-state index contributed by atoms with van der Waals surface area (Å²) in [5.74, 6) is -1.15. The second kappa shape index (κ2) is 7.49. The molecule has 0 radical (unpaired) electrons. The van der Waals surface area contributed by atoms with E-state index in [1.807, 2.05) is 0 Å². The van der Waals surface area contributed by atoms with Gasteiger partial charge in [-0.05, 0) is 19.1 Å². The van der Waals surface area contributed by atoms with Gasteiger partial charge in [0.2, 0.25) is 0 Å². The molecule has 0 unspecified atom stereocenters. The Labute approximate surface area is 87.7 Å². The summed E-state index contributed by atoms with van der Waals surface area (Å²) in [4.78, 5) is 23.6. The highest BCUT2D eigenvalue weighted by Crippen LogP contribution is 1.92. The molecule has 0 atom stereocenters. The molecule has 0 aliphatic carbocycles. The number of nitrogens with zero attached hydrogens (tertiary/aromatic N) is 1. The van der Waals surface area contributed by atoms with Gasteiger partial charge in [-0.2, -0.15) is 0 Å². The molecule has 15 heavy (non-hydrogen) atoms. The fourth-order valence-electron chi connectivity index (χ4n) is 0.693. The molecule has 0 saturated heterocycles. The monoisotopic (exact) mass is 211 g/mol. The van der Waals surface area contributed by atoms with Crippen LogP contribution in [0.15, 0.2) is 24.5 Å². The van der Waals surface area contributed by atoms with E-state index in [4.69, 9.17) is 5.11 Å². The summed E-state index contributed by atoms with van der Waals surface area (Å²) in [5.41, 5.74) is 0.220. The van der Waals surface area contributed by atoms with E-state index in [9.17, 15) is 9.59 Å².